The molecule has 6 aromatic rings. The highest BCUT2D eigenvalue weighted by Crippen LogP contribution is 2.35. The van der Waals surface area contributed by atoms with Crippen LogP contribution in [-0.4, -0.2) is 69.2 Å². The molecule has 3 heterocycles. The Morgan fingerprint density at radius 1 is 0.791 bits per heavy atom. The minimum absolute atomic E-state index is 0.0296. The Bertz CT molecular complexity index is 2770. The summed E-state index contributed by atoms with van der Waals surface area (Å²) in [6, 6.07) is 33.1. The van der Waals surface area contributed by atoms with Gasteiger partial charge in [-0.05, 0) is 156 Å². The molecular formula is C55H62N6O6. The van der Waals surface area contributed by atoms with E-state index in [0.29, 0.717) is 54.1 Å². The number of amides is 3. The molecule has 1 aliphatic carbocycles. The molecule has 3 amide bonds. The van der Waals surface area contributed by atoms with E-state index < -0.39 is 17.1 Å². The van der Waals surface area contributed by atoms with Crippen molar-refractivity contribution in [1.29, 1.82) is 0 Å². The summed E-state index contributed by atoms with van der Waals surface area (Å²) < 4.78 is 8.08. The second-order valence-corrected chi connectivity index (χ2v) is 19.3. The van der Waals surface area contributed by atoms with E-state index in [0.717, 1.165) is 72.9 Å². The van der Waals surface area contributed by atoms with Crippen molar-refractivity contribution in [2.45, 2.75) is 109 Å². The van der Waals surface area contributed by atoms with Crippen molar-refractivity contribution in [2.24, 2.45) is 0 Å². The summed E-state index contributed by atoms with van der Waals surface area (Å²) in [6.45, 7) is 10.4. The number of benzene rings is 4. The van der Waals surface area contributed by atoms with E-state index in [1.807, 2.05) is 101 Å². The number of aromatic nitrogens is 2. The van der Waals surface area contributed by atoms with E-state index in [-0.39, 0.29) is 30.2 Å². The van der Waals surface area contributed by atoms with Crippen molar-refractivity contribution < 1.29 is 29.0 Å². The smallest absolute Gasteiger partial charge is 0.303 e. The molecule has 0 radical (unpaired) electrons. The third-order valence-corrected chi connectivity index (χ3v) is 13.2. The molecule has 1 saturated heterocycles. The molecule has 0 bridgehead atoms. The Labute approximate surface area is 393 Å². The molecule has 2 aliphatic rings. The SMILES string of the molecule is CC(C)(CCOC(C)(C)CCC(=O)O)NC(=O)c1cccc2c1ccn2Cc1cccc(C(=O)Nc2ccc(N3CCCCC3)cc2-c2cc(C(=O)NC3CCCc4ccccc43)ccn2)c1. The van der Waals surface area contributed by atoms with Crippen LogP contribution in [0.3, 0.4) is 0 Å². The van der Waals surface area contributed by atoms with Crippen LogP contribution in [0.25, 0.3) is 22.2 Å². The number of carbonyl (C=O) groups is 4. The molecule has 67 heavy (non-hydrogen) atoms. The quantitative estimate of drug-likeness (QED) is 0.0705. The molecule has 348 valence electrons. The topological polar surface area (TPSA) is 155 Å². The molecule has 8 rings (SSSR count). The molecule has 1 aliphatic heterocycles. The summed E-state index contributed by atoms with van der Waals surface area (Å²) in [6.07, 6.45) is 10.9. The van der Waals surface area contributed by atoms with E-state index in [4.69, 9.17) is 14.8 Å². The Morgan fingerprint density at radius 2 is 1.58 bits per heavy atom. The fourth-order valence-electron chi connectivity index (χ4n) is 9.33. The molecule has 1 atom stereocenters. The van der Waals surface area contributed by atoms with E-state index in [2.05, 4.69) is 49.7 Å². The Balaban J connectivity index is 0.972. The van der Waals surface area contributed by atoms with Crippen molar-refractivity contribution in [3.63, 3.8) is 0 Å². The number of fused-ring (bicyclic) bond motifs is 2. The Kier molecular flexibility index (Phi) is 14.2. The van der Waals surface area contributed by atoms with Crippen LogP contribution in [0, 0.1) is 0 Å². The fraction of sp³-hybridized carbons (Fsp3) is 0.364. The lowest BCUT2D eigenvalue weighted by Gasteiger charge is -2.30. The number of anilines is 2. The molecule has 0 saturated carbocycles. The van der Waals surface area contributed by atoms with Gasteiger partial charge in [-0.3, -0.25) is 24.2 Å². The lowest BCUT2D eigenvalue weighted by molar-refractivity contribution is -0.139. The first-order chi connectivity index (χ1) is 32.2. The molecular weight excluding hydrogens is 841 g/mol. The third kappa shape index (κ3) is 11.6. The van der Waals surface area contributed by atoms with Crippen LogP contribution in [0.15, 0.2) is 116 Å². The number of nitrogens with zero attached hydrogens (tertiary/aromatic N) is 3. The predicted molar refractivity (Wildman–Crippen MR) is 264 cm³/mol. The van der Waals surface area contributed by atoms with Gasteiger partial charge < -0.3 is 35.3 Å². The van der Waals surface area contributed by atoms with Crippen LogP contribution in [0.5, 0.6) is 0 Å². The number of nitrogens with one attached hydrogen (secondary N) is 3. The molecule has 12 heteroatoms. The second-order valence-electron chi connectivity index (χ2n) is 19.3. The zero-order chi connectivity index (χ0) is 47.1. The van der Waals surface area contributed by atoms with Crippen LogP contribution in [0.2, 0.25) is 0 Å². The molecule has 2 aromatic heterocycles. The number of piperidine rings is 1. The van der Waals surface area contributed by atoms with Gasteiger partial charge >= 0.3 is 5.97 Å². The van der Waals surface area contributed by atoms with E-state index >= 15 is 0 Å². The molecule has 1 fully saturated rings. The first kappa shape index (κ1) is 46.7. The minimum atomic E-state index is -0.856. The Hall–Kier alpha value is -6.79. The van der Waals surface area contributed by atoms with E-state index in [1.165, 1.54) is 17.5 Å². The predicted octanol–water partition coefficient (Wildman–Crippen LogP) is 10.4. The molecule has 12 nitrogen and oxygen atoms in total. The van der Waals surface area contributed by atoms with Crippen LogP contribution in [0.4, 0.5) is 11.4 Å². The maximum absolute atomic E-state index is 14.2. The maximum atomic E-state index is 14.2. The van der Waals surface area contributed by atoms with Crippen molar-refractivity contribution in [1.82, 2.24) is 20.2 Å². The van der Waals surface area contributed by atoms with E-state index in [9.17, 15) is 19.2 Å². The first-order valence-electron chi connectivity index (χ1n) is 23.6. The number of ether oxygens (including phenoxy) is 1. The normalized spacial score (nSPS) is 15.2. The van der Waals surface area contributed by atoms with Crippen molar-refractivity contribution in [2.75, 3.05) is 29.9 Å². The van der Waals surface area contributed by atoms with Gasteiger partial charge in [0, 0.05) is 89.4 Å². The van der Waals surface area contributed by atoms with Gasteiger partial charge in [-0.1, -0.05) is 42.5 Å². The van der Waals surface area contributed by atoms with Crippen molar-refractivity contribution in [3.05, 3.63) is 149 Å². The van der Waals surface area contributed by atoms with Gasteiger partial charge in [-0.2, -0.15) is 0 Å². The summed E-state index contributed by atoms with van der Waals surface area (Å²) in [5.74, 6) is -1.48. The summed E-state index contributed by atoms with van der Waals surface area (Å²) in [7, 11) is 0. The highest BCUT2D eigenvalue weighted by atomic mass is 16.5. The largest absolute Gasteiger partial charge is 0.481 e. The highest BCUT2D eigenvalue weighted by Gasteiger charge is 2.27. The van der Waals surface area contributed by atoms with Gasteiger partial charge in [0.2, 0.25) is 0 Å². The minimum Gasteiger partial charge on any atom is -0.481 e. The number of pyridine rings is 1. The maximum Gasteiger partial charge on any atom is 0.303 e. The summed E-state index contributed by atoms with van der Waals surface area (Å²) in [4.78, 5) is 59.9. The van der Waals surface area contributed by atoms with Gasteiger partial charge in [-0.25, -0.2) is 0 Å². The molecule has 4 N–H and O–H groups in total. The zero-order valence-corrected chi connectivity index (χ0v) is 39.1. The van der Waals surface area contributed by atoms with Crippen LogP contribution >= 0.6 is 0 Å². The number of rotatable bonds is 17. The number of carbonyl (C=O) groups excluding carboxylic acids is 3. The highest BCUT2D eigenvalue weighted by molar-refractivity contribution is 6.08. The summed E-state index contributed by atoms with van der Waals surface area (Å²) in [5.41, 5.74) is 7.61. The number of hydrogen-bond acceptors (Lipinski definition) is 7. The van der Waals surface area contributed by atoms with Gasteiger partial charge in [0.25, 0.3) is 17.7 Å². The summed E-state index contributed by atoms with van der Waals surface area (Å²) in [5, 5.41) is 19.5. The number of aliphatic carboxylic acids is 1. The van der Waals surface area contributed by atoms with Gasteiger partial charge in [0.1, 0.15) is 0 Å². The summed E-state index contributed by atoms with van der Waals surface area (Å²) >= 11 is 0. The second kappa shape index (κ2) is 20.4. The van der Waals surface area contributed by atoms with Crippen molar-refractivity contribution in [3.8, 4) is 11.3 Å². The van der Waals surface area contributed by atoms with Gasteiger partial charge in [0.15, 0.2) is 0 Å². The number of carboxylic acid groups (broad SMARTS) is 1. The standard InChI is InChI=1S/C55H62N6O6/c1-54(2,27-32-67-55(3,4)26-23-50(62)63)59-53(66)44-18-12-20-49-43(44)25-31-61(49)36-37-13-10-16-39(33-37)51(64)58-47-22-21-41(60-29-8-5-9-30-60)35-45(47)48-34-40(24-28-56-48)52(65)57-46-19-11-15-38-14-6-7-17-42(38)46/h6-7,10,12-14,16-18,20-22,24-25,28,31,33-35,46H,5,8-9,11,15,19,23,26-27,29-30,32,36H2,1-4H3,(H,57,65)(H,58,64)(H,59,66)(H,62,63). The Morgan fingerprint density at radius 3 is 2.40 bits per heavy atom. The number of hydrogen-bond donors (Lipinski definition) is 4. The number of aryl methyl sites for hydroxylation is 1. The third-order valence-electron chi connectivity index (χ3n) is 13.2. The van der Waals surface area contributed by atoms with Gasteiger partial charge in [0.05, 0.1) is 23.0 Å². The number of carboxylic acids is 1. The lowest BCUT2D eigenvalue weighted by Crippen LogP contribution is -2.44. The first-order valence-corrected chi connectivity index (χ1v) is 23.6. The van der Waals surface area contributed by atoms with Crippen LogP contribution in [0.1, 0.15) is 133 Å². The molecule has 4 aromatic carbocycles. The average Bonchev–Trinajstić information content (AvgIpc) is 3.73. The monoisotopic (exact) mass is 902 g/mol. The fourth-order valence-corrected chi connectivity index (χ4v) is 9.33. The van der Waals surface area contributed by atoms with Crippen molar-refractivity contribution >= 4 is 46.0 Å². The average molecular weight is 903 g/mol. The van der Waals surface area contributed by atoms with Gasteiger partial charge in [-0.15, -0.1) is 0 Å². The molecule has 0 spiro atoms. The zero-order valence-electron chi connectivity index (χ0n) is 39.1. The molecule has 1 unspecified atom stereocenters. The lowest BCUT2D eigenvalue weighted by atomic mass is 9.87. The van der Waals surface area contributed by atoms with Crippen LogP contribution < -0.4 is 20.9 Å². The van der Waals surface area contributed by atoms with Crippen LogP contribution in [-0.2, 0) is 22.5 Å². The van der Waals surface area contributed by atoms with E-state index in [1.54, 1.807) is 18.3 Å².